The number of nitrogens with one attached hydrogen (secondary N) is 2. The highest BCUT2D eigenvalue weighted by Gasteiger charge is 2.20. The number of aromatic nitrogens is 4. The molecular formula is C11H14N6O2S. The van der Waals surface area contributed by atoms with Crippen molar-refractivity contribution in [1.29, 1.82) is 5.26 Å². The van der Waals surface area contributed by atoms with Crippen LogP contribution in [-0.2, 0) is 10.0 Å². The quantitative estimate of drug-likeness (QED) is 0.860. The molecule has 2 heterocycles. The summed E-state index contributed by atoms with van der Waals surface area (Å²) < 4.78 is 28.3. The molecule has 0 saturated carbocycles. The van der Waals surface area contributed by atoms with Crippen molar-refractivity contribution < 1.29 is 8.42 Å². The summed E-state index contributed by atoms with van der Waals surface area (Å²) in [6.45, 7) is 3.97. The Kier molecular flexibility index (Phi) is 3.76. The number of aromatic amines is 1. The van der Waals surface area contributed by atoms with Gasteiger partial charge in [0.2, 0.25) is 0 Å². The van der Waals surface area contributed by atoms with Gasteiger partial charge < -0.3 is 4.57 Å². The fourth-order valence-electron chi connectivity index (χ4n) is 1.54. The number of anilines is 1. The second-order valence-corrected chi connectivity index (χ2v) is 5.92. The van der Waals surface area contributed by atoms with E-state index in [2.05, 4.69) is 19.9 Å². The molecule has 9 heteroatoms. The van der Waals surface area contributed by atoms with Crippen LogP contribution in [0.4, 0.5) is 5.82 Å². The van der Waals surface area contributed by atoms with Crippen LogP contribution < -0.4 is 4.72 Å². The van der Waals surface area contributed by atoms with Gasteiger partial charge in [-0.05, 0) is 13.3 Å². The van der Waals surface area contributed by atoms with E-state index < -0.39 is 10.0 Å². The molecule has 0 amide bonds. The zero-order chi connectivity index (χ0) is 14.8. The van der Waals surface area contributed by atoms with Crippen molar-refractivity contribution in [2.45, 2.75) is 31.3 Å². The topological polar surface area (TPSA) is 116 Å². The molecule has 0 spiro atoms. The van der Waals surface area contributed by atoms with Gasteiger partial charge in [0.05, 0.1) is 12.5 Å². The third-order valence-electron chi connectivity index (χ3n) is 2.95. The summed E-state index contributed by atoms with van der Waals surface area (Å²) in [5.41, 5.74) is 0.120. The smallest absolute Gasteiger partial charge is 0.282 e. The number of H-pyrrole nitrogens is 1. The number of nitriles is 1. The lowest BCUT2D eigenvalue weighted by molar-refractivity contribution is 0.529. The average molecular weight is 294 g/mol. The normalized spacial score (nSPS) is 12.8. The van der Waals surface area contributed by atoms with Crippen molar-refractivity contribution in [3.8, 4) is 6.07 Å². The minimum atomic E-state index is -3.84. The third kappa shape index (κ3) is 2.65. The SMILES string of the molecule is CC[C@H](C)n1cnc(S(=O)(=O)Nc2[nH]ncc2C#N)c1. The zero-order valence-corrected chi connectivity index (χ0v) is 11.8. The summed E-state index contributed by atoms with van der Waals surface area (Å²) in [6.07, 6.45) is 5.04. The van der Waals surface area contributed by atoms with Crippen LogP contribution in [0.15, 0.2) is 23.7 Å². The van der Waals surface area contributed by atoms with Crippen LogP contribution >= 0.6 is 0 Å². The van der Waals surface area contributed by atoms with Crippen LogP contribution in [-0.4, -0.2) is 28.2 Å². The third-order valence-corrected chi connectivity index (χ3v) is 4.18. The second-order valence-electron chi connectivity index (χ2n) is 4.29. The summed E-state index contributed by atoms with van der Waals surface area (Å²) in [5.74, 6) is 0.0330. The predicted molar refractivity (Wildman–Crippen MR) is 71.3 cm³/mol. The number of sulfonamides is 1. The summed E-state index contributed by atoms with van der Waals surface area (Å²) >= 11 is 0. The standard InChI is InChI=1S/C11H14N6O2S/c1-3-8(2)17-6-10(13-7-17)20(18,19)16-11-9(4-12)5-14-15-11/h5-8H,3H2,1-2H3,(H2,14,15,16)/t8-/m0/s1. The zero-order valence-electron chi connectivity index (χ0n) is 11.0. The molecule has 0 radical (unpaired) electrons. The van der Waals surface area contributed by atoms with Crippen LogP contribution in [0.3, 0.4) is 0 Å². The number of imidazole rings is 1. The van der Waals surface area contributed by atoms with Gasteiger partial charge in [0, 0.05) is 12.2 Å². The monoisotopic (exact) mass is 294 g/mol. The molecular weight excluding hydrogens is 280 g/mol. The molecule has 2 aromatic heterocycles. The highest BCUT2D eigenvalue weighted by atomic mass is 32.2. The second kappa shape index (κ2) is 5.34. The van der Waals surface area contributed by atoms with E-state index in [0.717, 1.165) is 6.42 Å². The Morgan fingerprint density at radius 1 is 1.60 bits per heavy atom. The van der Waals surface area contributed by atoms with Crippen LogP contribution in [0, 0.1) is 11.3 Å². The van der Waals surface area contributed by atoms with E-state index in [0.29, 0.717) is 0 Å². The molecule has 0 saturated heterocycles. The van der Waals surface area contributed by atoms with E-state index in [1.165, 1.54) is 18.7 Å². The first kappa shape index (κ1) is 14.1. The molecule has 2 N–H and O–H groups in total. The lowest BCUT2D eigenvalue weighted by Crippen LogP contribution is -2.14. The van der Waals surface area contributed by atoms with E-state index in [1.54, 1.807) is 4.57 Å². The summed E-state index contributed by atoms with van der Waals surface area (Å²) in [4.78, 5) is 3.89. The molecule has 1 atom stereocenters. The van der Waals surface area contributed by atoms with Crippen molar-refractivity contribution in [2.75, 3.05) is 4.72 Å². The first-order valence-electron chi connectivity index (χ1n) is 5.97. The Bertz CT molecular complexity index is 739. The minimum absolute atomic E-state index is 0.0330. The molecule has 0 aromatic carbocycles. The van der Waals surface area contributed by atoms with Gasteiger partial charge >= 0.3 is 0 Å². The Morgan fingerprint density at radius 3 is 3.00 bits per heavy atom. The van der Waals surface area contributed by atoms with E-state index >= 15 is 0 Å². The first-order chi connectivity index (χ1) is 9.47. The average Bonchev–Trinajstić information content (AvgIpc) is 3.06. The Balaban J connectivity index is 2.27. The van der Waals surface area contributed by atoms with Gasteiger partial charge in [0.1, 0.15) is 11.6 Å². The van der Waals surface area contributed by atoms with Gasteiger partial charge in [-0.25, -0.2) is 4.98 Å². The van der Waals surface area contributed by atoms with E-state index in [9.17, 15) is 8.42 Å². The van der Waals surface area contributed by atoms with Crippen LogP contribution in [0.2, 0.25) is 0 Å². The maximum atomic E-state index is 12.1. The van der Waals surface area contributed by atoms with E-state index in [1.807, 2.05) is 19.9 Å². The molecule has 106 valence electrons. The minimum Gasteiger partial charge on any atom is -0.333 e. The molecule has 8 nitrogen and oxygen atoms in total. The molecule has 0 fully saturated rings. The van der Waals surface area contributed by atoms with Crippen LogP contribution in [0.1, 0.15) is 31.9 Å². The molecule has 2 rings (SSSR count). The lowest BCUT2D eigenvalue weighted by Gasteiger charge is -2.08. The molecule has 0 aliphatic rings. The predicted octanol–water partition coefficient (Wildman–Crippen LogP) is 1.25. The molecule has 20 heavy (non-hydrogen) atoms. The molecule has 0 unspecified atom stereocenters. The van der Waals surface area contributed by atoms with Crippen molar-refractivity contribution >= 4 is 15.8 Å². The molecule has 2 aromatic rings. The molecule has 0 bridgehead atoms. The van der Waals surface area contributed by atoms with Crippen molar-refractivity contribution in [1.82, 2.24) is 19.7 Å². The van der Waals surface area contributed by atoms with Gasteiger partial charge in [0.15, 0.2) is 10.8 Å². The maximum Gasteiger partial charge on any atom is 0.282 e. The number of nitrogens with zero attached hydrogens (tertiary/aromatic N) is 4. The first-order valence-corrected chi connectivity index (χ1v) is 7.46. The number of rotatable bonds is 5. The fraction of sp³-hybridized carbons (Fsp3) is 0.364. The van der Waals surface area contributed by atoms with Gasteiger partial charge in [-0.1, -0.05) is 6.92 Å². The maximum absolute atomic E-state index is 12.1. The van der Waals surface area contributed by atoms with Crippen molar-refractivity contribution in [3.63, 3.8) is 0 Å². The number of hydrogen-bond acceptors (Lipinski definition) is 5. The van der Waals surface area contributed by atoms with Gasteiger partial charge in [-0.15, -0.1) is 0 Å². The van der Waals surface area contributed by atoms with Crippen LogP contribution in [0.25, 0.3) is 0 Å². The van der Waals surface area contributed by atoms with E-state index in [-0.39, 0.29) is 22.4 Å². The highest BCUT2D eigenvalue weighted by molar-refractivity contribution is 7.92. The largest absolute Gasteiger partial charge is 0.333 e. The van der Waals surface area contributed by atoms with Gasteiger partial charge in [-0.3, -0.25) is 9.82 Å². The summed E-state index contributed by atoms with van der Waals surface area (Å²) in [7, 11) is -3.84. The Hall–Kier alpha value is -2.34. The van der Waals surface area contributed by atoms with Crippen molar-refractivity contribution in [3.05, 3.63) is 24.3 Å². The highest BCUT2D eigenvalue weighted by Crippen LogP contribution is 2.17. The van der Waals surface area contributed by atoms with Crippen LogP contribution in [0.5, 0.6) is 0 Å². The molecule has 0 aliphatic carbocycles. The summed E-state index contributed by atoms with van der Waals surface area (Å²) in [5, 5.41) is 14.8. The lowest BCUT2D eigenvalue weighted by atomic mass is 10.3. The molecule has 0 aliphatic heterocycles. The fourth-order valence-corrected chi connectivity index (χ4v) is 2.52. The Morgan fingerprint density at radius 2 is 2.35 bits per heavy atom. The van der Waals surface area contributed by atoms with Gasteiger partial charge in [0.25, 0.3) is 10.0 Å². The number of hydrogen-bond donors (Lipinski definition) is 2. The Labute approximate surface area is 116 Å². The summed E-state index contributed by atoms with van der Waals surface area (Å²) in [6, 6.07) is 2.00. The van der Waals surface area contributed by atoms with Gasteiger partial charge in [-0.2, -0.15) is 18.8 Å². The van der Waals surface area contributed by atoms with Crippen molar-refractivity contribution in [2.24, 2.45) is 0 Å². The van der Waals surface area contributed by atoms with E-state index in [4.69, 9.17) is 5.26 Å².